The molecule has 1 aromatic heterocycles. The molecule has 1 aliphatic rings. The lowest BCUT2D eigenvalue weighted by atomic mass is 10.1. The van der Waals surface area contributed by atoms with Crippen molar-refractivity contribution in [2.24, 2.45) is 0 Å². The van der Waals surface area contributed by atoms with Gasteiger partial charge in [-0.15, -0.1) is 0 Å². The van der Waals surface area contributed by atoms with Crippen molar-refractivity contribution in [3.05, 3.63) is 57.8 Å². The molecule has 1 amide bonds. The van der Waals surface area contributed by atoms with Gasteiger partial charge in [0.1, 0.15) is 12.4 Å². The first-order valence-corrected chi connectivity index (χ1v) is 12.0. The molecule has 0 bridgehead atoms. The molecule has 0 atom stereocenters. The quantitative estimate of drug-likeness (QED) is 0.614. The molecule has 1 aliphatic heterocycles. The Balaban J connectivity index is 1.82. The van der Waals surface area contributed by atoms with Crippen molar-refractivity contribution in [2.45, 2.75) is 39.3 Å². The Morgan fingerprint density at radius 1 is 1.09 bits per heavy atom. The summed E-state index contributed by atoms with van der Waals surface area (Å²) in [6.45, 7) is 9.48. The molecular weight excluding hydrogens is 450 g/mol. The Hall–Kier alpha value is -2.90. The maximum absolute atomic E-state index is 13.7. The predicted molar refractivity (Wildman–Crippen MR) is 139 cm³/mol. The monoisotopic (exact) mass is 481 g/mol. The standard InChI is InChI=1S/C26H32ClN5O2/c1-26(2,3)29-23(33)17-32-24(18-7-5-8-19(27)15-18)28-22-10-9-20(16-21(22)25(32)34)31-12-6-11-30(4)13-14-31/h5,7-10,15-16H,6,11-14,17H2,1-4H3,(H,29,33). The summed E-state index contributed by atoms with van der Waals surface area (Å²) in [5.41, 5.74) is 1.65. The molecule has 0 spiro atoms. The number of amides is 1. The van der Waals surface area contributed by atoms with Crippen LogP contribution in [0, 0.1) is 0 Å². The summed E-state index contributed by atoms with van der Waals surface area (Å²) < 4.78 is 1.45. The summed E-state index contributed by atoms with van der Waals surface area (Å²) in [6, 6.07) is 13.0. The number of nitrogens with zero attached hydrogens (tertiary/aromatic N) is 4. The normalized spacial score (nSPS) is 15.4. The summed E-state index contributed by atoms with van der Waals surface area (Å²) >= 11 is 6.22. The number of hydrogen-bond acceptors (Lipinski definition) is 5. The third-order valence-corrected chi connectivity index (χ3v) is 6.16. The SMILES string of the molecule is CN1CCCN(c2ccc3nc(-c4cccc(Cl)c4)n(CC(=O)NC(C)(C)C)c(=O)c3c2)CC1. The molecule has 2 heterocycles. The summed E-state index contributed by atoms with van der Waals surface area (Å²) in [4.78, 5) is 36.0. The van der Waals surface area contributed by atoms with Crippen LogP contribution in [0.5, 0.6) is 0 Å². The van der Waals surface area contributed by atoms with Crippen molar-refractivity contribution in [3.63, 3.8) is 0 Å². The van der Waals surface area contributed by atoms with Gasteiger partial charge in [-0.1, -0.05) is 23.7 Å². The van der Waals surface area contributed by atoms with Crippen LogP contribution in [0.2, 0.25) is 5.02 Å². The van der Waals surface area contributed by atoms with Crippen LogP contribution < -0.4 is 15.8 Å². The van der Waals surface area contributed by atoms with Crippen molar-refractivity contribution < 1.29 is 4.79 Å². The van der Waals surface area contributed by atoms with Gasteiger partial charge in [0.15, 0.2) is 0 Å². The molecule has 8 heteroatoms. The van der Waals surface area contributed by atoms with Gasteiger partial charge in [0.2, 0.25) is 5.91 Å². The first kappa shape index (κ1) is 24.2. The van der Waals surface area contributed by atoms with Crippen LogP contribution in [-0.2, 0) is 11.3 Å². The van der Waals surface area contributed by atoms with E-state index >= 15 is 0 Å². The maximum atomic E-state index is 13.7. The Morgan fingerprint density at radius 3 is 2.62 bits per heavy atom. The molecule has 0 radical (unpaired) electrons. The number of halogens is 1. The minimum Gasteiger partial charge on any atom is -0.370 e. The lowest BCUT2D eigenvalue weighted by Gasteiger charge is -2.24. The second-order valence-corrected chi connectivity index (χ2v) is 10.4. The molecule has 2 aromatic carbocycles. The molecule has 0 unspecified atom stereocenters. The van der Waals surface area contributed by atoms with Crippen LogP contribution >= 0.6 is 11.6 Å². The maximum Gasteiger partial charge on any atom is 0.262 e. The van der Waals surface area contributed by atoms with Crippen LogP contribution in [0.3, 0.4) is 0 Å². The molecule has 3 aromatic rings. The van der Waals surface area contributed by atoms with E-state index in [9.17, 15) is 9.59 Å². The highest BCUT2D eigenvalue weighted by Gasteiger charge is 2.20. The second-order valence-electron chi connectivity index (χ2n) is 9.98. The van der Waals surface area contributed by atoms with E-state index in [1.165, 1.54) is 4.57 Å². The summed E-state index contributed by atoms with van der Waals surface area (Å²) in [5, 5.41) is 3.99. The zero-order valence-electron chi connectivity index (χ0n) is 20.3. The fourth-order valence-electron chi connectivity index (χ4n) is 4.31. The van der Waals surface area contributed by atoms with E-state index in [0.717, 1.165) is 38.3 Å². The molecule has 0 saturated carbocycles. The summed E-state index contributed by atoms with van der Waals surface area (Å²) in [5.74, 6) is 0.180. The first-order chi connectivity index (χ1) is 16.1. The molecule has 1 saturated heterocycles. The minimum atomic E-state index is -0.408. The van der Waals surface area contributed by atoms with Gasteiger partial charge in [0.05, 0.1) is 10.9 Å². The number of rotatable bonds is 4. The van der Waals surface area contributed by atoms with E-state index < -0.39 is 5.54 Å². The average molecular weight is 482 g/mol. The fraction of sp³-hybridized carbons (Fsp3) is 0.423. The molecule has 1 fully saturated rings. The van der Waals surface area contributed by atoms with Crippen molar-refractivity contribution >= 4 is 34.1 Å². The lowest BCUT2D eigenvalue weighted by molar-refractivity contribution is -0.123. The molecule has 0 aliphatic carbocycles. The van der Waals surface area contributed by atoms with E-state index in [1.807, 2.05) is 51.1 Å². The van der Waals surface area contributed by atoms with E-state index in [4.69, 9.17) is 16.6 Å². The van der Waals surface area contributed by atoms with Crippen molar-refractivity contribution in [1.82, 2.24) is 19.8 Å². The Bertz CT molecular complexity index is 1260. The van der Waals surface area contributed by atoms with Gasteiger partial charge < -0.3 is 15.1 Å². The van der Waals surface area contributed by atoms with E-state index in [2.05, 4.69) is 22.2 Å². The fourth-order valence-corrected chi connectivity index (χ4v) is 4.50. The van der Waals surface area contributed by atoms with Gasteiger partial charge in [0, 0.05) is 41.4 Å². The Morgan fingerprint density at radius 2 is 1.88 bits per heavy atom. The van der Waals surface area contributed by atoms with E-state index in [-0.39, 0.29) is 18.0 Å². The van der Waals surface area contributed by atoms with Crippen molar-refractivity contribution in [2.75, 3.05) is 38.1 Å². The lowest BCUT2D eigenvalue weighted by Crippen LogP contribution is -2.43. The number of nitrogens with one attached hydrogen (secondary N) is 1. The smallest absolute Gasteiger partial charge is 0.262 e. The average Bonchev–Trinajstić information content (AvgIpc) is 2.98. The summed E-state index contributed by atoms with van der Waals surface area (Å²) in [7, 11) is 2.13. The van der Waals surface area contributed by atoms with Gasteiger partial charge in [-0.25, -0.2) is 4.98 Å². The largest absolute Gasteiger partial charge is 0.370 e. The van der Waals surface area contributed by atoms with Crippen molar-refractivity contribution in [3.8, 4) is 11.4 Å². The first-order valence-electron chi connectivity index (χ1n) is 11.7. The van der Waals surface area contributed by atoms with Gasteiger partial charge in [-0.3, -0.25) is 14.2 Å². The Kier molecular flexibility index (Phi) is 6.96. The number of hydrogen-bond donors (Lipinski definition) is 1. The number of aromatic nitrogens is 2. The molecular formula is C26H32ClN5O2. The van der Waals surface area contributed by atoms with E-state index in [0.29, 0.717) is 27.3 Å². The van der Waals surface area contributed by atoms with E-state index in [1.54, 1.807) is 12.1 Å². The predicted octanol–water partition coefficient (Wildman–Crippen LogP) is 3.77. The molecule has 1 N–H and O–H groups in total. The van der Waals surface area contributed by atoms with Gasteiger partial charge in [-0.2, -0.15) is 0 Å². The highest BCUT2D eigenvalue weighted by atomic mass is 35.5. The topological polar surface area (TPSA) is 70.5 Å². The molecule has 4 rings (SSSR count). The molecule has 180 valence electrons. The number of fused-ring (bicyclic) bond motifs is 1. The number of carbonyl (C=O) groups excluding carboxylic acids is 1. The van der Waals surface area contributed by atoms with Crippen molar-refractivity contribution in [1.29, 1.82) is 0 Å². The number of anilines is 1. The zero-order valence-corrected chi connectivity index (χ0v) is 21.0. The molecule has 7 nitrogen and oxygen atoms in total. The van der Waals surface area contributed by atoms with Crippen LogP contribution in [0.25, 0.3) is 22.3 Å². The van der Waals surface area contributed by atoms with Crippen LogP contribution in [0.4, 0.5) is 5.69 Å². The highest BCUT2D eigenvalue weighted by Crippen LogP contribution is 2.25. The summed E-state index contributed by atoms with van der Waals surface area (Å²) in [6.07, 6.45) is 1.07. The highest BCUT2D eigenvalue weighted by molar-refractivity contribution is 6.30. The number of carbonyl (C=O) groups is 1. The number of likely N-dealkylation sites (N-methyl/N-ethyl adjacent to an activating group) is 1. The Labute approximate surface area is 205 Å². The van der Waals surface area contributed by atoms with Gasteiger partial charge in [0.25, 0.3) is 5.56 Å². The second kappa shape index (κ2) is 9.76. The third kappa shape index (κ3) is 5.59. The van der Waals surface area contributed by atoms with Gasteiger partial charge in [-0.05, 0) is 71.1 Å². The third-order valence-electron chi connectivity index (χ3n) is 5.92. The van der Waals surface area contributed by atoms with Crippen LogP contribution in [0.1, 0.15) is 27.2 Å². The van der Waals surface area contributed by atoms with Crippen LogP contribution in [-0.4, -0.2) is 59.1 Å². The van der Waals surface area contributed by atoms with Crippen LogP contribution in [0.15, 0.2) is 47.3 Å². The minimum absolute atomic E-state index is 0.125. The molecule has 34 heavy (non-hydrogen) atoms. The van der Waals surface area contributed by atoms with Gasteiger partial charge >= 0.3 is 0 Å². The number of benzene rings is 2. The zero-order chi connectivity index (χ0) is 24.5.